The second-order valence-electron chi connectivity index (χ2n) is 7.26. The topological polar surface area (TPSA) is 76.2 Å². The monoisotopic (exact) mass is 387 g/mol. The first kappa shape index (κ1) is 17.6. The molecule has 0 unspecified atom stereocenters. The normalized spacial score (nSPS) is 13.6. The Morgan fingerprint density at radius 2 is 1.90 bits per heavy atom. The summed E-state index contributed by atoms with van der Waals surface area (Å²) in [7, 11) is 3.23. The molecule has 2 aromatic carbocycles. The predicted octanol–water partition coefficient (Wildman–Crippen LogP) is 4.29. The van der Waals surface area contributed by atoms with Gasteiger partial charge in [0.2, 0.25) is 0 Å². The molecule has 2 N–H and O–H groups in total. The van der Waals surface area contributed by atoms with Crippen LogP contribution in [0.5, 0.6) is 11.5 Å². The van der Waals surface area contributed by atoms with Gasteiger partial charge in [0.1, 0.15) is 17.2 Å². The van der Waals surface area contributed by atoms with Gasteiger partial charge in [-0.2, -0.15) is 0 Å². The number of amides is 1. The van der Waals surface area contributed by atoms with E-state index in [-0.39, 0.29) is 11.9 Å². The van der Waals surface area contributed by atoms with Gasteiger partial charge in [-0.25, -0.2) is 4.98 Å². The van der Waals surface area contributed by atoms with Gasteiger partial charge >= 0.3 is 0 Å². The smallest absolute Gasteiger partial charge is 0.270 e. The van der Waals surface area contributed by atoms with Crippen molar-refractivity contribution in [1.82, 2.24) is 15.3 Å². The van der Waals surface area contributed by atoms with Gasteiger partial charge in [0.25, 0.3) is 5.91 Å². The largest absolute Gasteiger partial charge is 0.497 e. The highest BCUT2D eigenvalue weighted by molar-refractivity contribution is 6.13. The molecule has 1 amide bonds. The van der Waals surface area contributed by atoms with Crippen LogP contribution in [0.15, 0.2) is 48.5 Å². The number of pyridine rings is 1. The standard InChI is InChI=1S/C23H21N3O3/c1-28-14-9-10-16(20(11-14)29-2)21-22-17(15-5-3-4-6-18(15)25-22)12-19(26-21)23(27)24-13-7-8-13/h3-6,9-13,25H,7-8H2,1-2H3,(H,24,27). The summed E-state index contributed by atoms with van der Waals surface area (Å²) in [5, 5.41) is 5.05. The molecule has 0 spiro atoms. The Hall–Kier alpha value is -3.54. The molecule has 146 valence electrons. The van der Waals surface area contributed by atoms with Gasteiger partial charge in [0.05, 0.1) is 25.4 Å². The van der Waals surface area contributed by atoms with E-state index in [2.05, 4.69) is 10.3 Å². The molecule has 1 saturated carbocycles. The number of nitrogens with zero attached hydrogens (tertiary/aromatic N) is 1. The summed E-state index contributed by atoms with van der Waals surface area (Å²) in [6.07, 6.45) is 2.06. The molecule has 5 rings (SSSR count). The van der Waals surface area contributed by atoms with Crippen LogP contribution in [-0.2, 0) is 0 Å². The van der Waals surface area contributed by atoms with Crippen molar-refractivity contribution < 1.29 is 14.3 Å². The lowest BCUT2D eigenvalue weighted by atomic mass is 10.0. The summed E-state index contributed by atoms with van der Waals surface area (Å²) in [6.45, 7) is 0. The number of aromatic amines is 1. The predicted molar refractivity (Wildman–Crippen MR) is 113 cm³/mol. The molecule has 0 aliphatic heterocycles. The summed E-state index contributed by atoms with van der Waals surface area (Å²) in [5.41, 5.74) is 3.75. The fourth-order valence-corrected chi connectivity index (χ4v) is 3.64. The van der Waals surface area contributed by atoms with Crippen molar-refractivity contribution in [1.29, 1.82) is 0 Å². The fourth-order valence-electron chi connectivity index (χ4n) is 3.64. The van der Waals surface area contributed by atoms with Crippen molar-refractivity contribution >= 4 is 27.7 Å². The van der Waals surface area contributed by atoms with Crippen molar-refractivity contribution in [2.45, 2.75) is 18.9 Å². The average molecular weight is 387 g/mol. The Kier molecular flexibility index (Phi) is 4.12. The van der Waals surface area contributed by atoms with Crippen LogP contribution in [0.2, 0.25) is 0 Å². The maximum absolute atomic E-state index is 12.8. The second-order valence-corrected chi connectivity index (χ2v) is 7.26. The van der Waals surface area contributed by atoms with Crippen molar-refractivity contribution in [2.75, 3.05) is 14.2 Å². The molecule has 1 aliphatic carbocycles. The van der Waals surface area contributed by atoms with E-state index in [9.17, 15) is 4.79 Å². The van der Waals surface area contributed by atoms with E-state index in [1.165, 1.54) is 0 Å². The molecule has 2 aromatic heterocycles. The van der Waals surface area contributed by atoms with Gasteiger partial charge in [-0.15, -0.1) is 0 Å². The molecule has 1 fully saturated rings. The van der Waals surface area contributed by atoms with Crippen LogP contribution in [0.3, 0.4) is 0 Å². The number of para-hydroxylation sites is 1. The molecule has 0 bridgehead atoms. The molecule has 6 nitrogen and oxygen atoms in total. The highest BCUT2D eigenvalue weighted by atomic mass is 16.5. The minimum absolute atomic E-state index is 0.145. The average Bonchev–Trinajstić information content (AvgIpc) is 3.49. The van der Waals surface area contributed by atoms with Gasteiger partial charge < -0.3 is 19.8 Å². The summed E-state index contributed by atoms with van der Waals surface area (Å²) in [4.78, 5) is 21.0. The van der Waals surface area contributed by atoms with E-state index in [4.69, 9.17) is 14.5 Å². The van der Waals surface area contributed by atoms with E-state index >= 15 is 0 Å². The zero-order valence-corrected chi connectivity index (χ0v) is 16.3. The second kappa shape index (κ2) is 6.81. The summed E-state index contributed by atoms with van der Waals surface area (Å²) >= 11 is 0. The van der Waals surface area contributed by atoms with Crippen molar-refractivity contribution in [3.8, 4) is 22.8 Å². The third-order valence-corrected chi connectivity index (χ3v) is 5.31. The fraction of sp³-hybridized carbons (Fsp3) is 0.217. The zero-order valence-electron chi connectivity index (χ0n) is 16.3. The van der Waals surface area contributed by atoms with Gasteiger partial charge in [0.15, 0.2) is 0 Å². The first-order valence-corrected chi connectivity index (χ1v) is 9.62. The number of nitrogens with one attached hydrogen (secondary N) is 2. The number of hydrogen-bond acceptors (Lipinski definition) is 4. The highest BCUT2D eigenvalue weighted by Crippen LogP contribution is 2.38. The van der Waals surface area contributed by atoms with Gasteiger partial charge in [-0.1, -0.05) is 18.2 Å². The Bertz CT molecular complexity index is 1240. The number of benzene rings is 2. The molecule has 0 radical (unpaired) electrons. The van der Waals surface area contributed by atoms with E-state index < -0.39 is 0 Å². The highest BCUT2D eigenvalue weighted by Gasteiger charge is 2.26. The van der Waals surface area contributed by atoms with Crippen LogP contribution in [0.1, 0.15) is 23.3 Å². The van der Waals surface area contributed by atoms with Crippen LogP contribution in [0, 0.1) is 0 Å². The summed E-state index contributed by atoms with van der Waals surface area (Å²) in [5.74, 6) is 1.19. The molecule has 4 aromatic rings. The van der Waals surface area contributed by atoms with Gasteiger partial charge in [-0.3, -0.25) is 4.79 Å². The number of ether oxygens (including phenoxy) is 2. The lowest BCUT2D eigenvalue weighted by Gasteiger charge is -2.12. The Labute approximate surface area is 167 Å². The van der Waals surface area contributed by atoms with E-state index in [0.717, 1.165) is 40.2 Å². The molecule has 1 aliphatic rings. The van der Waals surface area contributed by atoms with Crippen LogP contribution in [-0.4, -0.2) is 36.1 Å². The Morgan fingerprint density at radius 3 is 2.66 bits per heavy atom. The minimum Gasteiger partial charge on any atom is -0.497 e. The van der Waals surface area contributed by atoms with E-state index in [1.54, 1.807) is 14.2 Å². The molecule has 2 heterocycles. The lowest BCUT2D eigenvalue weighted by molar-refractivity contribution is 0.0946. The van der Waals surface area contributed by atoms with Crippen LogP contribution < -0.4 is 14.8 Å². The zero-order chi connectivity index (χ0) is 20.0. The van der Waals surface area contributed by atoms with E-state index in [1.807, 2.05) is 48.5 Å². The molecular formula is C23H21N3O3. The first-order chi connectivity index (χ1) is 14.2. The maximum Gasteiger partial charge on any atom is 0.270 e. The number of carbonyl (C=O) groups is 1. The Morgan fingerprint density at radius 1 is 1.07 bits per heavy atom. The summed E-state index contributed by atoms with van der Waals surface area (Å²) < 4.78 is 10.9. The quantitative estimate of drug-likeness (QED) is 0.536. The number of fused-ring (bicyclic) bond motifs is 3. The third-order valence-electron chi connectivity index (χ3n) is 5.31. The number of hydrogen-bond donors (Lipinski definition) is 2. The number of methoxy groups -OCH3 is 2. The number of rotatable bonds is 5. The number of carbonyl (C=O) groups excluding carboxylic acids is 1. The van der Waals surface area contributed by atoms with Crippen molar-refractivity contribution in [3.05, 3.63) is 54.2 Å². The van der Waals surface area contributed by atoms with Gasteiger partial charge in [0, 0.05) is 34.0 Å². The summed E-state index contributed by atoms with van der Waals surface area (Å²) in [6, 6.07) is 15.8. The SMILES string of the molecule is COc1ccc(-c2nc(C(=O)NC3CC3)cc3c2[nH]c2ccccc23)c(OC)c1. The number of H-pyrrole nitrogens is 1. The third kappa shape index (κ3) is 3.06. The number of aromatic nitrogens is 2. The molecule has 0 saturated heterocycles. The molecule has 6 heteroatoms. The van der Waals surface area contributed by atoms with Gasteiger partial charge in [-0.05, 0) is 37.1 Å². The van der Waals surface area contributed by atoms with Crippen LogP contribution >= 0.6 is 0 Å². The van der Waals surface area contributed by atoms with Crippen molar-refractivity contribution in [3.63, 3.8) is 0 Å². The van der Waals surface area contributed by atoms with Crippen molar-refractivity contribution in [2.24, 2.45) is 0 Å². The molecule has 0 atom stereocenters. The Balaban J connectivity index is 1.77. The first-order valence-electron chi connectivity index (χ1n) is 9.62. The van der Waals surface area contributed by atoms with Crippen LogP contribution in [0.4, 0.5) is 0 Å². The maximum atomic E-state index is 12.8. The minimum atomic E-state index is -0.145. The molecular weight excluding hydrogens is 366 g/mol. The van der Waals surface area contributed by atoms with E-state index in [0.29, 0.717) is 22.9 Å². The molecule has 29 heavy (non-hydrogen) atoms. The van der Waals surface area contributed by atoms with Crippen LogP contribution in [0.25, 0.3) is 33.1 Å². The lowest BCUT2D eigenvalue weighted by Crippen LogP contribution is -2.26.